The minimum Gasteiger partial charge on any atom is -0.383 e. The molecule has 0 saturated carbocycles. The first kappa shape index (κ1) is 22.8. The lowest BCUT2D eigenvalue weighted by Gasteiger charge is -2.18. The van der Waals surface area contributed by atoms with Crippen molar-refractivity contribution in [2.24, 2.45) is 10.7 Å². The van der Waals surface area contributed by atoms with Crippen LogP contribution < -0.4 is 5.73 Å². The Morgan fingerprint density at radius 1 is 0.943 bits per heavy atom. The van der Waals surface area contributed by atoms with Gasteiger partial charge >= 0.3 is 0 Å². The molecule has 2 N–H and O–H groups in total. The minimum absolute atomic E-state index is 0.334. The van der Waals surface area contributed by atoms with Crippen LogP contribution in [-0.2, 0) is 5.41 Å². The maximum Gasteiger partial charge on any atom is 0.165 e. The highest BCUT2D eigenvalue weighted by Crippen LogP contribution is 2.37. The van der Waals surface area contributed by atoms with Crippen molar-refractivity contribution in [1.82, 2.24) is 14.8 Å². The van der Waals surface area contributed by atoms with Crippen molar-refractivity contribution in [2.75, 3.05) is 0 Å². The lowest BCUT2D eigenvalue weighted by atomic mass is 9.85. The number of benzene rings is 2. The standard InChI is InChI=1S/C29H24BrN5/c1-4-29(2,3)22-13-10-20(11-14-22)26-16-24(30)27(31)35-28(34-26)23(18-33-35)21-12-15-25(32-17-21)19-8-6-5-7-9-19/h1,5-15,17-18H,16,31H2,2-3H3. The third kappa shape index (κ3) is 4.31. The fourth-order valence-corrected chi connectivity index (χ4v) is 4.44. The number of allylic oxidation sites excluding steroid dienone is 1. The van der Waals surface area contributed by atoms with Crippen LogP contribution in [0.1, 0.15) is 31.4 Å². The topological polar surface area (TPSA) is 69.1 Å². The van der Waals surface area contributed by atoms with Crippen LogP contribution in [-0.4, -0.2) is 20.5 Å². The average molecular weight is 522 g/mol. The van der Waals surface area contributed by atoms with Crippen molar-refractivity contribution < 1.29 is 0 Å². The summed E-state index contributed by atoms with van der Waals surface area (Å²) in [5.74, 6) is 4.04. The van der Waals surface area contributed by atoms with Gasteiger partial charge in [0.25, 0.3) is 0 Å². The molecule has 35 heavy (non-hydrogen) atoms. The molecule has 5 rings (SSSR count). The van der Waals surface area contributed by atoms with Gasteiger partial charge in [-0.2, -0.15) is 9.78 Å². The Labute approximate surface area is 213 Å². The lowest BCUT2D eigenvalue weighted by molar-refractivity contribution is 0.699. The van der Waals surface area contributed by atoms with E-state index in [-0.39, 0.29) is 5.41 Å². The van der Waals surface area contributed by atoms with Crippen LogP contribution in [0, 0.1) is 12.3 Å². The molecule has 1 aliphatic rings. The van der Waals surface area contributed by atoms with Gasteiger partial charge < -0.3 is 5.73 Å². The molecule has 2 aromatic heterocycles. The highest BCUT2D eigenvalue weighted by atomic mass is 79.9. The Morgan fingerprint density at radius 3 is 2.31 bits per heavy atom. The first-order valence-corrected chi connectivity index (χ1v) is 12.1. The van der Waals surface area contributed by atoms with Crippen LogP contribution in [0.3, 0.4) is 0 Å². The summed E-state index contributed by atoms with van der Waals surface area (Å²) in [6.07, 6.45) is 9.90. The molecule has 2 aromatic carbocycles. The molecular formula is C29H24BrN5. The molecule has 0 bridgehead atoms. The van der Waals surface area contributed by atoms with E-state index >= 15 is 0 Å². The van der Waals surface area contributed by atoms with Crippen LogP contribution in [0.2, 0.25) is 0 Å². The minimum atomic E-state index is -0.334. The molecule has 0 spiro atoms. The molecule has 1 aliphatic heterocycles. The smallest absolute Gasteiger partial charge is 0.165 e. The van der Waals surface area contributed by atoms with E-state index in [0.29, 0.717) is 18.1 Å². The van der Waals surface area contributed by atoms with E-state index in [0.717, 1.165) is 43.7 Å². The van der Waals surface area contributed by atoms with Crippen LogP contribution in [0.15, 0.2) is 88.6 Å². The van der Waals surface area contributed by atoms with E-state index in [1.165, 1.54) is 0 Å². The Balaban J connectivity index is 1.56. The zero-order valence-corrected chi connectivity index (χ0v) is 21.1. The van der Waals surface area contributed by atoms with Gasteiger partial charge in [-0.3, -0.25) is 4.98 Å². The second-order valence-electron chi connectivity index (χ2n) is 8.96. The van der Waals surface area contributed by atoms with Crippen molar-refractivity contribution in [1.29, 1.82) is 0 Å². The van der Waals surface area contributed by atoms with Gasteiger partial charge in [0.1, 0.15) is 5.82 Å². The third-order valence-corrected chi connectivity index (χ3v) is 6.94. The number of fused-ring (bicyclic) bond motifs is 1. The zero-order valence-electron chi connectivity index (χ0n) is 19.5. The summed E-state index contributed by atoms with van der Waals surface area (Å²) in [4.78, 5) is 9.71. The maximum atomic E-state index is 6.44. The summed E-state index contributed by atoms with van der Waals surface area (Å²) in [6, 6.07) is 22.4. The van der Waals surface area contributed by atoms with Gasteiger partial charge in [-0.05, 0) is 31.0 Å². The van der Waals surface area contributed by atoms with Crippen molar-refractivity contribution >= 4 is 33.3 Å². The first-order valence-electron chi connectivity index (χ1n) is 11.3. The van der Waals surface area contributed by atoms with Crippen LogP contribution >= 0.6 is 15.9 Å². The molecule has 0 fully saturated rings. The summed E-state index contributed by atoms with van der Waals surface area (Å²) < 4.78 is 2.50. The summed E-state index contributed by atoms with van der Waals surface area (Å²) in [7, 11) is 0. The summed E-state index contributed by atoms with van der Waals surface area (Å²) in [5.41, 5.74) is 12.9. The number of nitrogens with zero attached hydrogens (tertiary/aromatic N) is 4. The van der Waals surface area contributed by atoms with E-state index in [4.69, 9.17) is 17.1 Å². The number of nitrogens with two attached hydrogens (primary N) is 1. The number of hydrogen-bond acceptors (Lipinski definition) is 4. The molecule has 5 nitrogen and oxygen atoms in total. The van der Waals surface area contributed by atoms with Crippen LogP contribution in [0.5, 0.6) is 0 Å². The first-order chi connectivity index (χ1) is 16.9. The van der Waals surface area contributed by atoms with Crippen molar-refractivity contribution in [3.05, 3.63) is 94.7 Å². The normalized spacial score (nSPS) is 13.6. The van der Waals surface area contributed by atoms with Crippen LogP contribution in [0.4, 0.5) is 5.82 Å². The van der Waals surface area contributed by atoms with Gasteiger partial charge in [0.2, 0.25) is 0 Å². The van der Waals surface area contributed by atoms with Gasteiger partial charge in [-0.25, -0.2) is 4.99 Å². The van der Waals surface area contributed by atoms with Crippen molar-refractivity contribution in [3.63, 3.8) is 0 Å². The second-order valence-corrected chi connectivity index (χ2v) is 9.92. The Morgan fingerprint density at radius 2 is 1.66 bits per heavy atom. The maximum absolute atomic E-state index is 6.44. The molecular weight excluding hydrogens is 498 g/mol. The Bertz CT molecular complexity index is 1490. The average Bonchev–Trinajstić information content (AvgIpc) is 3.26. The predicted octanol–water partition coefficient (Wildman–Crippen LogP) is 6.53. The largest absolute Gasteiger partial charge is 0.383 e. The molecule has 172 valence electrons. The number of hydrogen-bond donors (Lipinski definition) is 1. The lowest BCUT2D eigenvalue weighted by Crippen LogP contribution is -2.14. The Kier molecular flexibility index (Phi) is 5.88. The highest BCUT2D eigenvalue weighted by Gasteiger charge is 2.23. The van der Waals surface area contributed by atoms with Gasteiger partial charge in [-0.15, -0.1) is 6.42 Å². The summed E-state index contributed by atoms with van der Waals surface area (Å²) >= 11 is 3.64. The zero-order chi connectivity index (χ0) is 24.6. The molecule has 3 heterocycles. The molecule has 0 radical (unpaired) electrons. The van der Waals surface area contributed by atoms with E-state index in [2.05, 4.69) is 56.2 Å². The van der Waals surface area contributed by atoms with Crippen molar-refractivity contribution in [3.8, 4) is 34.7 Å². The molecule has 0 aliphatic carbocycles. The number of pyridine rings is 1. The highest BCUT2D eigenvalue weighted by molar-refractivity contribution is 9.11. The monoisotopic (exact) mass is 521 g/mol. The third-order valence-electron chi connectivity index (χ3n) is 6.26. The van der Waals surface area contributed by atoms with E-state index < -0.39 is 0 Å². The summed E-state index contributed by atoms with van der Waals surface area (Å²) in [6.45, 7) is 4.07. The second kappa shape index (κ2) is 9.01. The number of terminal acetylenes is 1. The molecule has 0 unspecified atom stereocenters. The van der Waals surface area contributed by atoms with E-state index in [1.807, 2.05) is 62.5 Å². The number of halogens is 1. The van der Waals surface area contributed by atoms with Crippen LogP contribution in [0.25, 0.3) is 28.2 Å². The number of aromatic nitrogens is 3. The molecule has 0 amide bonds. The summed E-state index contributed by atoms with van der Waals surface area (Å²) in [5, 5.41) is 4.54. The fourth-order valence-electron chi connectivity index (χ4n) is 4.01. The Hall–Kier alpha value is -3.95. The molecule has 0 atom stereocenters. The van der Waals surface area contributed by atoms with Gasteiger partial charge in [0, 0.05) is 33.8 Å². The SMILES string of the molecule is C#CC(C)(C)c1ccc(C2=Nc3c(-c4ccc(-c5ccccc5)nc4)cnn3C(N)=C(Br)C2)cc1. The van der Waals surface area contributed by atoms with E-state index in [1.54, 1.807) is 10.9 Å². The fraction of sp³-hybridized carbons (Fsp3) is 0.138. The quantitative estimate of drug-likeness (QED) is 0.310. The van der Waals surface area contributed by atoms with Crippen molar-refractivity contribution in [2.45, 2.75) is 25.7 Å². The van der Waals surface area contributed by atoms with Gasteiger partial charge in [0.15, 0.2) is 5.82 Å². The molecule has 4 aromatic rings. The van der Waals surface area contributed by atoms with Gasteiger partial charge in [-0.1, -0.05) is 82.5 Å². The molecule has 6 heteroatoms. The number of aliphatic imine (C=N–C) groups is 1. The molecule has 0 saturated heterocycles. The number of rotatable bonds is 4. The predicted molar refractivity (Wildman–Crippen MR) is 146 cm³/mol. The van der Waals surface area contributed by atoms with E-state index in [9.17, 15) is 0 Å². The van der Waals surface area contributed by atoms with Gasteiger partial charge in [0.05, 0.1) is 23.0 Å².